The molecule has 0 radical (unpaired) electrons. The number of likely N-dealkylation sites (tertiary alicyclic amines) is 1. The van der Waals surface area contributed by atoms with Gasteiger partial charge >= 0.3 is 5.97 Å². The molecule has 1 aliphatic heterocycles. The first kappa shape index (κ1) is 11.6. The van der Waals surface area contributed by atoms with Crippen molar-refractivity contribution in [3.8, 4) is 0 Å². The maximum atomic E-state index is 12.1. The van der Waals surface area contributed by atoms with E-state index in [1.165, 1.54) is 12.3 Å². The van der Waals surface area contributed by atoms with Crippen LogP contribution in [0.25, 0.3) is 0 Å². The first-order valence-electron chi connectivity index (χ1n) is 5.62. The summed E-state index contributed by atoms with van der Waals surface area (Å²) < 4.78 is 4.81. The fourth-order valence-corrected chi connectivity index (χ4v) is 2.15. The topological polar surface area (TPSA) is 83.6 Å². The lowest BCUT2D eigenvalue weighted by molar-refractivity contribution is -0.138. The number of aromatic nitrogens is 1. The first-order valence-corrected chi connectivity index (χ1v) is 5.62. The molecule has 0 aliphatic carbocycles. The van der Waals surface area contributed by atoms with Crippen LogP contribution in [0, 0.1) is 0 Å². The van der Waals surface area contributed by atoms with Crippen LogP contribution in [-0.2, 0) is 4.79 Å². The van der Waals surface area contributed by atoms with E-state index in [-0.39, 0.29) is 24.1 Å². The predicted molar refractivity (Wildman–Crippen MR) is 57.4 cm³/mol. The van der Waals surface area contributed by atoms with Crippen LogP contribution >= 0.6 is 0 Å². The second kappa shape index (κ2) is 4.99. The Morgan fingerprint density at radius 1 is 1.53 bits per heavy atom. The number of hydrogen-bond acceptors (Lipinski definition) is 4. The molecule has 0 spiro atoms. The van der Waals surface area contributed by atoms with Gasteiger partial charge in [-0.25, -0.2) is 0 Å². The fraction of sp³-hybridized carbons (Fsp3) is 0.545. The SMILES string of the molecule is O=C(O)CC1CCCCN1C(=O)c1ccno1. The molecule has 6 heteroatoms. The molecule has 0 bridgehead atoms. The molecule has 0 aromatic carbocycles. The Morgan fingerprint density at radius 3 is 3.00 bits per heavy atom. The maximum Gasteiger partial charge on any atom is 0.305 e. The van der Waals surface area contributed by atoms with Gasteiger partial charge in [-0.15, -0.1) is 0 Å². The van der Waals surface area contributed by atoms with Crippen LogP contribution in [0.4, 0.5) is 0 Å². The van der Waals surface area contributed by atoms with Gasteiger partial charge in [0.15, 0.2) is 0 Å². The molecule has 1 atom stereocenters. The van der Waals surface area contributed by atoms with E-state index in [0.29, 0.717) is 6.54 Å². The number of aliphatic carboxylic acids is 1. The van der Waals surface area contributed by atoms with Crippen LogP contribution < -0.4 is 0 Å². The maximum absolute atomic E-state index is 12.1. The van der Waals surface area contributed by atoms with E-state index in [9.17, 15) is 9.59 Å². The number of nitrogens with zero attached hydrogens (tertiary/aromatic N) is 2. The van der Waals surface area contributed by atoms with Crippen LogP contribution in [0.3, 0.4) is 0 Å². The number of carboxylic acids is 1. The van der Waals surface area contributed by atoms with Crippen molar-refractivity contribution in [1.82, 2.24) is 10.1 Å². The van der Waals surface area contributed by atoms with Crippen molar-refractivity contribution >= 4 is 11.9 Å². The van der Waals surface area contributed by atoms with E-state index in [0.717, 1.165) is 19.3 Å². The molecule has 1 aliphatic rings. The molecule has 2 rings (SSSR count). The molecule has 0 saturated carbocycles. The lowest BCUT2D eigenvalue weighted by atomic mass is 9.99. The lowest BCUT2D eigenvalue weighted by Crippen LogP contribution is -2.44. The predicted octanol–water partition coefficient (Wildman–Crippen LogP) is 1.14. The van der Waals surface area contributed by atoms with E-state index < -0.39 is 5.97 Å². The summed E-state index contributed by atoms with van der Waals surface area (Å²) in [5.74, 6) is -0.983. The summed E-state index contributed by atoms with van der Waals surface area (Å²) in [4.78, 5) is 24.4. The largest absolute Gasteiger partial charge is 0.481 e. The molecule has 1 fully saturated rings. The van der Waals surface area contributed by atoms with Crippen LogP contribution in [0.1, 0.15) is 36.2 Å². The summed E-state index contributed by atoms with van der Waals surface area (Å²) in [5.41, 5.74) is 0. The molecule has 6 nitrogen and oxygen atoms in total. The number of carbonyl (C=O) groups is 2. The molecule has 2 heterocycles. The third-order valence-electron chi connectivity index (χ3n) is 2.95. The average molecular weight is 238 g/mol. The van der Waals surface area contributed by atoms with Gasteiger partial charge in [-0.1, -0.05) is 5.16 Å². The van der Waals surface area contributed by atoms with Gasteiger partial charge in [-0.2, -0.15) is 0 Å². The minimum absolute atomic E-state index is 0.0140. The zero-order valence-corrected chi connectivity index (χ0v) is 9.33. The second-order valence-electron chi connectivity index (χ2n) is 4.12. The molecule has 1 unspecified atom stereocenters. The van der Waals surface area contributed by atoms with E-state index in [2.05, 4.69) is 5.16 Å². The molecule has 1 aromatic rings. The smallest absolute Gasteiger partial charge is 0.305 e. The van der Waals surface area contributed by atoms with Gasteiger partial charge in [-0.3, -0.25) is 9.59 Å². The fourth-order valence-electron chi connectivity index (χ4n) is 2.15. The zero-order chi connectivity index (χ0) is 12.3. The normalized spacial score (nSPS) is 20.2. The van der Waals surface area contributed by atoms with E-state index >= 15 is 0 Å². The van der Waals surface area contributed by atoms with Gasteiger partial charge in [0, 0.05) is 18.7 Å². The van der Waals surface area contributed by atoms with Gasteiger partial charge in [0.2, 0.25) is 5.76 Å². The number of piperidine rings is 1. The molecule has 17 heavy (non-hydrogen) atoms. The van der Waals surface area contributed by atoms with Crippen LogP contribution in [0.5, 0.6) is 0 Å². The second-order valence-corrected chi connectivity index (χ2v) is 4.12. The minimum atomic E-state index is -0.882. The van der Waals surface area contributed by atoms with Crippen molar-refractivity contribution in [3.63, 3.8) is 0 Å². The van der Waals surface area contributed by atoms with Crippen molar-refractivity contribution in [3.05, 3.63) is 18.0 Å². The van der Waals surface area contributed by atoms with Gasteiger partial charge in [0.25, 0.3) is 5.91 Å². The van der Waals surface area contributed by atoms with Gasteiger partial charge in [0.05, 0.1) is 12.6 Å². The number of carbonyl (C=O) groups excluding carboxylic acids is 1. The van der Waals surface area contributed by atoms with Crippen molar-refractivity contribution in [2.75, 3.05) is 6.54 Å². The summed E-state index contributed by atoms with van der Waals surface area (Å²) in [6.07, 6.45) is 3.98. The molecule has 1 aromatic heterocycles. The van der Waals surface area contributed by atoms with Crippen molar-refractivity contribution in [1.29, 1.82) is 0 Å². The van der Waals surface area contributed by atoms with E-state index in [1.54, 1.807) is 4.90 Å². The number of hydrogen-bond donors (Lipinski definition) is 1. The highest BCUT2D eigenvalue weighted by Gasteiger charge is 2.30. The third-order valence-corrected chi connectivity index (χ3v) is 2.95. The molecule has 1 saturated heterocycles. The summed E-state index contributed by atoms with van der Waals surface area (Å²) in [7, 11) is 0. The van der Waals surface area contributed by atoms with E-state index in [4.69, 9.17) is 9.63 Å². The molecular formula is C11H14N2O4. The Morgan fingerprint density at radius 2 is 2.35 bits per heavy atom. The molecule has 92 valence electrons. The van der Waals surface area contributed by atoms with Crippen molar-refractivity contribution < 1.29 is 19.2 Å². The Balaban J connectivity index is 2.10. The average Bonchev–Trinajstić information content (AvgIpc) is 2.81. The number of carboxylic acid groups (broad SMARTS) is 1. The summed E-state index contributed by atoms with van der Waals surface area (Å²) >= 11 is 0. The van der Waals surface area contributed by atoms with Crippen LogP contribution in [0.15, 0.2) is 16.8 Å². The molecule has 1 N–H and O–H groups in total. The highest BCUT2D eigenvalue weighted by atomic mass is 16.5. The Labute approximate surface area is 98.2 Å². The van der Waals surface area contributed by atoms with Gasteiger partial charge < -0.3 is 14.5 Å². The Hall–Kier alpha value is -1.85. The zero-order valence-electron chi connectivity index (χ0n) is 9.33. The Kier molecular flexibility index (Phi) is 3.41. The summed E-state index contributed by atoms with van der Waals surface area (Å²) in [6.45, 7) is 0.581. The summed E-state index contributed by atoms with van der Waals surface area (Å²) in [6, 6.07) is 1.26. The van der Waals surface area contributed by atoms with Crippen LogP contribution in [-0.4, -0.2) is 39.6 Å². The van der Waals surface area contributed by atoms with E-state index in [1.807, 2.05) is 0 Å². The molecule has 1 amide bonds. The standard InChI is InChI=1S/C11H14N2O4/c14-10(15)7-8-3-1-2-6-13(8)11(16)9-4-5-12-17-9/h4-5,8H,1-3,6-7H2,(H,14,15). The third kappa shape index (κ3) is 2.64. The summed E-state index contributed by atoms with van der Waals surface area (Å²) in [5, 5.41) is 12.3. The number of rotatable bonds is 3. The molecular weight excluding hydrogens is 224 g/mol. The lowest BCUT2D eigenvalue weighted by Gasteiger charge is -2.34. The monoisotopic (exact) mass is 238 g/mol. The quantitative estimate of drug-likeness (QED) is 0.853. The van der Waals surface area contributed by atoms with Gasteiger partial charge in [0.1, 0.15) is 0 Å². The van der Waals surface area contributed by atoms with Gasteiger partial charge in [-0.05, 0) is 19.3 Å². The Bertz CT molecular complexity index is 402. The van der Waals surface area contributed by atoms with Crippen molar-refractivity contribution in [2.24, 2.45) is 0 Å². The number of amides is 1. The highest BCUT2D eigenvalue weighted by Crippen LogP contribution is 2.21. The minimum Gasteiger partial charge on any atom is -0.481 e. The van der Waals surface area contributed by atoms with Crippen molar-refractivity contribution in [2.45, 2.75) is 31.7 Å². The van der Waals surface area contributed by atoms with Crippen LogP contribution in [0.2, 0.25) is 0 Å². The highest BCUT2D eigenvalue weighted by molar-refractivity contribution is 5.91. The first-order chi connectivity index (χ1) is 8.18.